The van der Waals surface area contributed by atoms with Gasteiger partial charge in [-0.25, -0.2) is 0 Å². The average molecular weight is 403 g/mol. The number of nitrogens with zero attached hydrogens (tertiary/aromatic N) is 1. The van der Waals surface area contributed by atoms with Gasteiger partial charge in [0.15, 0.2) is 5.78 Å². The summed E-state index contributed by atoms with van der Waals surface area (Å²) in [5, 5.41) is 10.6. The molecule has 106 valence electrons. The average Bonchev–Trinajstić information content (AvgIpc) is 2.44. The van der Waals surface area contributed by atoms with E-state index in [1.807, 2.05) is 6.07 Å². The molecule has 0 aromatic heterocycles. The largest absolute Gasteiger partial charge is 0.292 e. The van der Waals surface area contributed by atoms with E-state index < -0.39 is 5.92 Å². The molecule has 0 bridgehead atoms. The van der Waals surface area contributed by atoms with Crippen LogP contribution in [0, 0.1) is 11.3 Å². The van der Waals surface area contributed by atoms with E-state index in [9.17, 15) is 10.1 Å². The van der Waals surface area contributed by atoms with E-state index in [2.05, 4.69) is 15.9 Å². The fourth-order valence-electron chi connectivity index (χ4n) is 1.82. The first-order chi connectivity index (χ1) is 9.93. The molecule has 0 fully saturated rings. The molecule has 2 nitrogen and oxygen atoms in total. The van der Waals surface area contributed by atoms with Crippen molar-refractivity contribution in [2.45, 2.75) is 5.92 Å². The normalized spacial score (nSPS) is 11.8. The molecule has 2 aromatic rings. The summed E-state index contributed by atoms with van der Waals surface area (Å²) in [6.45, 7) is 0. The minimum Gasteiger partial charge on any atom is -0.292 e. The lowest BCUT2D eigenvalue weighted by molar-refractivity contribution is 0.0979. The van der Waals surface area contributed by atoms with E-state index in [4.69, 9.17) is 34.8 Å². The van der Waals surface area contributed by atoms with Crippen molar-refractivity contribution < 1.29 is 4.79 Å². The lowest BCUT2D eigenvalue weighted by Gasteiger charge is -2.11. The predicted molar refractivity (Wildman–Crippen MR) is 88.3 cm³/mol. The number of carbonyl (C=O) groups excluding carboxylic acids is 1. The highest BCUT2D eigenvalue weighted by atomic mass is 79.9. The minimum absolute atomic E-state index is 0.287. The monoisotopic (exact) mass is 401 g/mol. The van der Waals surface area contributed by atoms with Gasteiger partial charge in [-0.05, 0) is 51.8 Å². The molecule has 0 saturated heterocycles. The summed E-state index contributed by atoms with van der Waals surface area (Å²) in [4.78, 5) is 12.5. The first-order valence-corrected chi connectivity index (χ1v) is 7.70. The number of hydrogen-bond acceptors (Lipinski definition) is 2. The van der Waals surface area contributed by atoms with Gasteiger partial charge in [0.05, 0.1) is 11.1 Å². The Labute approximate surface area is 145 Å². The predicted octanol–water partition coefficient (Wildman–Crippen LogP) is 5.90. The summed E-state index contributed by atoms with van der Waals surface area (Å²) in [6.07, 6.45) is 0. The van der Waals surface area contributed by atoms with Crippen molar-refractivity contribution in [3.8, 4) is 6.07 Å². The van der Waals surface area contributed by atoms with Crippen LogP contribution < -0.4 is 0 Å². The van der Waals surface area contributed by atoms with Crippen molar-refractivity contribution in [2.75, 3.05) is 0 Å². The van der Waals surface area contributed by atoms with Gasteiger partial charge in [0.1, 0.15) is 5.92 Å². The lowest BCUT2D eigenvalue weighted by Crippen LogP contribution is -2.11. The van der Waals surface area contributed by atoms with E-state index in [0.717, 1.165) is 0 Å². The third kappa shape index (κ3) is 3.59. The van der Waals surface area contributed by atoms with Crippen LogP contribution in [0.5, 0.6) is 0 Å². The number of ketones is 1. The maximum atomic E-state index is 12.5. The number of rotatable bonds is 3. The van der Waals surface area contributed by atoms with Gasteiger partial charge in [0, 0.05) is 20.1 Å². The summed E-state index contributed by atoms with van der Waals surface area (Å²) in [6, 6.07) is 11.4. The molecule has 0 saturated carbocycles. The Kier molecular flexibility index (Phi) is 5.29. The molecule has 0 aliphatic rings. The molecule has 2 rings (SSSR count). The van der Waals surface area contributed by atoms with Crippen LogP contribution in [0.25, 0.3) is 0 Å². The van der Waals surface area contributed by atoms with Gasteiger partial charge >= 0.3 is 0 Å². The molecular weight excluding hydrogens is 396 g/mol. The molecule has 21 heavy (non-hydrogen) atoms. The Bertz CT molecular complexity index is 755. The van der Waals surface area contributed by atoms with E-state index in [0.29, 0.717) is 25.6 Å². The Morgan fingerprint density at radius 1 is 1.10 bits per heavy atom. The molecule has 2 aromatic carbocycles. The zero-order valence-electron chi connectivity index (χ0n) is 10.4. The maximum Gasteiger partial charge on any atom is 0.184 e. The standard InChI is InChI=1S/C15H7BrCl3NO/c16-12-5-8(1-4-13(12)18)15(21)11(7-20)10-3-2-9(17)6-14(10)19/h1-6,11H. The Hall–Kier alpha value is -1.05. The minimum atomic E-state index is -0.997. The molecule has 1 atom stereocenters. The molecule has 0 heterocycles. The molecule has 0 amide bonds. The fraction of sp³-hybridized carbons (Fsp3) is 0.0667. The van der Waals surface area contributed by atoms with Gasteiger partial charge < -0.3 is 0 Å². The van der Waals surface area contributed by atoms with E-state index in [1.165, 1.54) is 6.07 Å². The topological polar surface area (TPSA) is 40.9 Å². The summed E-state index contributed by atoms with van der Waals surface area (Å²) >= 11 is 21.1. The van der Waals surface area contributed by atoms with Gasteiger partial charge in [-0.2, -0.15) is 5.26 Å². The zero-order chi connectivity index (χ0) is 15.6. The maximum absolute atomic E-state index is 12.5. The van der Waals surface area contributed by atoms with Crippen LogP contribution in [0.2, 0.25) is 15.1 Å². The number of Topliss-reactive ketones (excluding diaryl/α,β-unsaturated/α-hetero) is 1. The number of nitriles is 1. The van der Waals surface area contributed by atoms with Gasteiger partial charge in [-0.1, -0.05) is 40.9 Å². The quantitative estimate of drug-likeness (QED) is 0.599. The van der Waals surface area contributed by atoms with Crippen LogP contribution in [0.1, 0.15) is 21.8 Å². The zero-order valence-corrected chi connectivity index (χ0v) is 14.3. The van der Waals surface area contributed by atoms with E-state index in [1.54, 1.807) is 30.3 Å². The van der Waals surface area contributed by atoms with Crippen LogP contribution in [-0.4, -0.2) is 5.78 Å². The van der Waals surface area contributed by atoms with Crippen LogP contribution in [0.15, 0.2) is 40.9 Å². The van der Waals surface area contributed by atoms with Crippen LogP contribution in [0.4, 0.5) is 0 Å². The van der Waals surface area contributed by atoms with Gasteiger partial charge in [0.25, 0.3) is 0 Å². The smallest absolute Gasteiger partial charge is 0.184 e. The van der Waals surface area contributed by atoms with Crippen LogP contribution >= 0.6 is 50.7 Å². The summed E-state index contributed by atoms with van der Waals surface area (Å²) in [5.41, 5.74) is 0.809. The SMILES string of the molecule is N#CC(C(=O)c1ccc(Cl)c(Br)c1)c1ccc(Cl)cc1Cl. The second kappa shape index (κ2) is 6.81. The molecule has 0 radical (unpaired) electrons. The number of halogens is 4. The molecule has 0 aliphatic heterocycles. The molecule has 6 heteroatoms. The van der Waals surface area contributed by atoms with E-state index in [-0.39, 0.29) is 10.8 Å². The van der Waals surface area contributed by atoms with Gasteiger partial charge in [0.2, 0.25) is 0 Å². The van der Waals surface area contributed by atoms with Gasteiger partial charge in [-0.15, -0.1) is 0 Å². The molecule has 1 unspecified atom stereocenters. The van der Waals surface area contributed by atoms with E-state index >= 15 is 0 Å². The number of carbonyl (C=O) groups is 1. The lowest BCUT2D eigenvalue weighted by atomic mass is 9.92. The van der Waals surface area contributed by atoms with Crippen molar-refractivity contribution in [1.82, 2.24) is 0 Å². The molecule has 0 aliphatic carbocycles. The van der Waals surface area contributed by atoms with Crippen molar-refractivity contribution >= 4 is 56.5 Å². The highest BCUT2D eigenvalue weighted by Crippen LogP contribution is 2.31. The third-order valence-electron chi connectivity index (χ3n) is 2.87. The highest BCUT2D eigenvalue weighted by molar-refractivity contribution is 9.10. The molecule has 0 N–H and O–H groups in total. The number of hydrogen-bond donors (Lipinski definition) is 0. The van der Waals surface area contributed by atoms with Crippen molar-refractivity contribution in [3.63, 3.8) is 0 Å². The number of benzene rings is 2. The van der Waals surface area contributed by atoms with Crippen LogP contribution in [-0.2, 0) is 0 Å². The highest BCUT2D eigenvalue weighted by Gasteiger charge is 2.24. The first kappa shape index (κ1) is 16.3. The summed E-state index contributed by atoms with van der Waals surface area (Å²) < 4.78 is 0.592. The van der Waals surface area contributed by atoms with Crippen molar-refractivity contribution in [1.29, 1.82) is 5.26 Å². The van der Waals surface area contributed by atoms with Crippen molar-refractivity contribution in [2.24, 2.45) is 0 Å². The van der Waals surface area contributed by atoms with Crippen molar-refractivity contribution in [3.05, 3.63) is 67.1 Å². The third-order valence-corrected chi connectivity index (χ3v) is 4.65. The molecular formula is C15H7BrCl3NO. The Morgan fingerprint density at radius 3 is 2.38 bits per heavy atom. The summed E-state index contributed by atoms with van der Waals surface area (Å²) in [5.74, 6) is -1.35. The van der Waals surface area contributed by atoms with Gasteiger partial charge in [-0.3, -0.25) is 4.79 Å². The summed E-state index contributed by atoms with van der Waals surface area (Å²) in [7, 11) is 0. The second-order valence-electron chi connectivity index (χ2n) is 4.22. The Balaban J connectivity index is 2.43. The molecule has 0 spiro atoms. The van der Waals surface area contributed by atoms with Crippen LogP contribution in [0.3, 0.4) is 0 Å². The second-order valence-corrected chi connectivity index (χ2v) is 6.33. The Morgan fingerprint density at radius 2 is 1.81 bits per heavy atom. The first-order valence-electron chi connectivity index (χ1n) is 5.78. The fourth-order valence-corrected chi connectivity index (χ4v) is 2.84.